The second-order valence-electron chi connectivity index (χ2n) is 4.87. The van der Waals surface area contributed by atoms with Gasteiger partial charge in [-0.3, -0.25) is 0 Å². The van der Waals surface area contributed by atoms with Gasteiger partial charge in [0.2, 0.25) is 0 Å². The van der Waals surface area contributed by atoms with Crippen LogP contribution in [0.15, 0.2) is 10.5 Å². The number of hydrogen-bond acceptors (Lipinski definition) is 8. The topological polar surface area (TPSA) is 195 Å². The van der Waals surface area contributed by atoms with Crippen molar-refractivity contribution in [3.8, 4) is 11.8 Å². The number of benzene rings is 2. The Hall–Kier alpha value is -3.60. The van der Waals surface area contributed by atoms with Crippen LogP contribution >= 0.6 is 0 Å². The van der Waals surface area contributed by atoms with Crippen molar-refractivity contribution in [3.05, 3.63) is 17.2 Å². The maximum absolute atomic E-state index is 5.90. The fourth-order valence-electron chi connectivity index (χ4n) is 2.19. The van der Waals surface area contributed by atoms with Crippen molar-refractivity contribution >= 4 is 51.0 Å². The minimum Gasteiger partial charge on any atom is -0.451 e. The summed E-state index contributed by atoms with van der Waals surface area (Å²) in [6, 6.07) is 1.68. The molecule has 3 aromatic rings. The summed E-state index contributed by atoms with van der Waals surface area (Å²) in [6.07, 6.45) is 0. The van der Waals surface area contributed by atoms with Gasteiger partial charge in [0.15, 0.2) is 11.2 Å². The van der Waals surface area contributed by atoms with Crippen LogP contribution in [0.3, 0.4) is 0 Å². The predicted octanol–water partition coefficient (Wildman–Crippen LogP) is 0.346. The minimum absolute atomic E-state index is 0.146. The lowest BCUT2D eigenvalue weighted by molar-refractivity contribution is 0.676. The molecule has 2 aromatic heterocycles. The molecule has 0 atom stereocenters. The van der Waals surface area contributed by atoms with Crippen molar-refractivity contribution in [1.29, 1.82) is 0 Å². The van der Waals surface area contributed by atoms with Crippen LogP contribution in [0.25, 0.3) is 11.2 Å². The van der Waals surface area contributed by atoms with Crippen molar-refractivity contribution in [2.24, 2.45) is 0 Å². The van der Waals surface area contributed by atoms with Crippen molar-refractivity contribution in [2.75, 3.05) is 40.1 Å². The van der Waals surface area contributed by atoms with Gasteiger partial charge in [0.25, 0.3) is 0 Å². The number of nitrogens with two attached hydrogens (primary N) is 7. The Morgan fingerprint density at radius 3 is 1.68 bits per heavy atom. The van der Waals surface area contributed by atoms with Gasteiger partial charge in [0.1, 0.15) is 11.4 Å². The molecule has 0 aliphatic rings. The highest BCUT2D eigenvalue weighted by molar-refractivity contribution is 6.00. The third-order valence-electron chi connectivity index (χ3n) is 3.55. The average molecular weight is 297 g/mol. The molecule has 0 spiro atoms. The number of furan rings is 2. The maximum atomic E-state index is 5.90. The lowest BCUT2D eigenvalue weighted by Crippen LogP contribution is -2.09. The Bertz CT molecular complexity index is 932. The van der Waals surface area contributed by atoms with Crippen molar-refractivity contribution in [1.82, 2.24) is 0 Å². The van der Waals surface area contributed by atoms with E-state index < -0.39 is 0 Å². The number of anilines is 7. The second-order valence-corrected chi connectivity index (χ2v) is 4.87. The van der Waals surface area contributed by atoms with E-state index in [2.05, 4.69) is 11.8 Å². The summed E-state index contributed by atoms with van der Waals surface area (Å²) in [5.74, 6) is 5.72. The molecule has 3 rings (SSSR count). The molecule has 8 nitrogen and oxygen atoms in total. The highest BCUT2D eigenvalue weighted by Gasteiger charge is 2.17. The van der Waals surface area contributed by atoms with Crippen LogP contribution in [0.1, 0.15) is 11.1 Å². The normalized spacial score (nSPS) is 10.7. The average Bonchev–Trinajstić information content (AvgIpc) is 3.03. The quantitative estimate of drug-likeness (QED) is 0.228. The smallest absolute Gasteiger partial charge is 0.168 e. The summed E-state index contributed by atoms with van der Waals surface area (Å²) >= 11 is 0. The van der Waals surface area contributed by atoms with E-state index in [0.717, 1.165) is 0 Å². The number of fused-ring (bicyclic) bond motifs is 2. The SMILES string of the molecule is Nc1c(N)c(N)c(C#Cc2cc3oc2c(N)c3N)c(N)c1N. The van der Waals surface area contributed by atoms with Gasteiger partial charge in [-0.1, -0.05) is 11.8 Å². The Labute approximate surface area is 125 Å². The van der Waals surface area contributed by atoms with Crippen LogP contribution in [0.5, 0.6) is 0 Å². The van der Waals surface area contributed by atoms with Crippen molar-refractivity contribution < 1.29 is 4.42 Å². The van der Waals surface area contributed by atoms with E-state index in [1.54, 1.807) is 6.07 Å². The largest absolute Gasteiger partial charge is 0.451 e. The molecule has 14 N–H and O–H groups in total. The molecule has 0 saturated carbocycles. The molecule has 0 aliphatic heterocycles. The van der Waals surface area contributed by atoms with Crippen LogP contribution < -0.4 is 40.1 Å². The summed E-state index contributed by atoms with van der Waals surface area (Å²) in [6.45, 7) is 0. The molecule has 1 aromatic carbocycles. The Kier molecular flexibility index (Phi) is 2.55. The van der Waals surface area contributed by atoms with E-state index in [9.17, 15) is 0 Å². The standard InChI is InChI=1S/C14H15N7O/c15-7-5(8(16)11(19)12(20)10(7)18)2-1-4-3-6-9(17)13(21)14(4)22-6/h3H,15-21H2. The van der Waals surface area contributed by atoms with Gasteiger partial charge in [-0.2, -0.15) is 0 Å². The molecule has 2 bridgehead atoms. The highest BCUT2D eigenvalue weighted by atomic mass is 16.3. The fraction of sp³-hybridized carbons (Fsp3) is 0. The zero-order valence-corrected chi connectivity index (χ0v) is 11.5. The van der Waals surface area contributed by atoms with Gasteiger partial charge >= 0.3 is 0 Å². The molecule has 0 aliphatic carbocycles. The summed E-state index contributed by atoms with van der Waals surface area (Å²) < 4.78 is 5.41. The Balaban J connectivity index is 2.15. The highest BCUT2D eigenvalue weighted by Crippen LogP contribution is 2.39. The second kappa shape index (κ2) is 4.20. The van der Waals surface area contributed by atoms with Gasteiger partial charge in [-0.15, -0.1) is 0 Å². The van der Waals surface area contributed by atoms with Crippen molar-refractivity contribution in [2.45, 2.75) is 0 Å². The molecule has 0 amide bonds. The molecule has 22 heavy (non-hydrogen) atoms. The lowest BCUT2D eigenvalue weighted by atomic mass is 10.0. The summed E-state index contributed by atoms with van der Waals surface area (Å²) in [4.78, 5) is 0. The molecule has 112 valence electrons. The van der Waals surface area contributed by atoms with Crippen LogP contribution in [-0.4, -0.2) is 0 Å². The number of hydrogen-bond donors (Lipinski definition) is 7. The maximum Gasteiger partial charge on any atom is 0.168 e. The van der Waals surface area contributed by atoms with E-state index >= 15 is 0 Å². The first-order valence-electron chi connectivity index (χ1n) is 6.26. The first kappa shape index (κ1) is 13.4. The van der Waals surface area contributed by atoms with Crippen molar-refractivity contribution in [3.63, 3.8) is 0 Å². The molecular weight excluding hydrogens is 282 g/mol. The Morgan fingerprint density at radius 2 is 1.18 bits per heavy atom. The van der Waals surface area contributed by atoms with Gasteiger partial charge in [0.05, 0.1) is 39.6 Å². The van der Waals surface area contributed by atoms with Crippen LogP contribution in [-0.2, 0) is 0 Å². The minimum atomic E-state index is 0.146. The molecule has 0 fully saturated rings. The summed E-state index contributed by atoms with van der Waals surface area (Å²) in [7, 11) is 0. The zero-order chi connectivity index (χ0) is 16.2. The molecular formula is C14H15N7O. The van der Waals surface area contributed by atoms with Gasteiger partial charge < -0.3 is 44.6 Å². The van der Waals surface area contributed by atoms with E-state index in [0.29, 0.717) is 33.7 Å². The number of rotatable bonds is 0. The third kappa shape index (κ3) is 1.59. The third-order valence-corrected chi connectivity index (χ3v) is 3.55. The van der Waals surface area contributed by atoms with E-state index in [4.69, 9.17) is 44.6 Å². The van der Waals surface area contributed by atoms with E-state index in [-0.39, 0.29) is 28.4 Å². The molecule has 0 unspecified atom stereocenters. The fourth-order valence-corrected chi connectivity index (χ4v) is 2.19. The predicted molar refractivity (Wildman–Crippen MR) is 90.7 cm³/mol. The van der Waals surface area contributed by atoms with Gasteiger partial charge in [0, 0.05) is 6.07 Å². The van der Waals surface area contributed by atoms with Crippen LogP contribution in [0.2, 0.25) is 0 Å². The Morgan fingerprint density at radius 1 is 0.636 bits per heavy atom. The monoisotopic (exact) mass is 297 g/mol. The zero-order valence-electron chi connectivity index (χ0n) is 11.5. The van der Waals surface area contributed by atoms with Crippen LogP contribution in [0, 0.1) is 11.8 Å². The molecule has 0 saturated heterocycles. The molecule has 2 heterocycles. The molecule has 8 heteroatoms. The number of nitrogen functional groups attached to an aromatic ring is 7. The van der Waals surface area contributed by atoms with Gasteiger partial charge in [-0.25, -0.2) is 0 Å². The van der Waals surface area contributed by atoms with E-state index in [1.807, 2.05) is 0 Å². The summed E-state index contributed by atoms with van der Waals surface area (Å²) in [5, 5.41) is 0. The van der Waals surface area contributed by atoms with E-state index in [1.165, 1.54) is 0 Å². The van der Waals surface area contributed by atoms with Gasteiger partial charge in [-0.05, 0) is 0 Å². The first-order chi connectivity index (χ1) is 10.3. The molecule has 0 radical (unpaired) electrons. The van der Waals surface area contributed by atoms with Crippen LogP contribution in [0.4, 0.5) is 39.8 Å². The summed E-state index contributed by atoms with van der Waals surface area (Å²) in [5.41, 5.74) is 44.0. The first-order valence-corrected chi connectivity index (χ1v) is 6.26. The lowest BCUT2D eigenvalue weighted by Gasteiger charge is -2.13.